The first-order valence-corrected chi connectivity index (χ1v) is 21.3. The fraction of sp³-hybridized carbons (Fsp3) is 0.480. The Morgan fingerprint density at radius 3 is 1.31 bits per heavy atom. The van der Waals surface area contributed by atoms with Crippen molar-refractivity contribution in [2.45, 2.75) is 113 Å². The Balaban J connectivity index is 1.02. The molecule has 16 bridgehead atoms. The van der Waals surface area contributed by atoms with Crippen molar-refractivity contribution in [1.29, 1.82) is 0 Å². The number of nitrogens with zero attached hydrogens (tertiary/aromatic N) is 2. The number of benzene rings is 4. The summed E-state index contributed by atoms with van der Waals surface area (Å²) in [6.45, 7) is 5.48. The molecule has 6 atom stereocenters. The second-order valence-corrected chi connectivity index (χ2v) is 19.1. The van der Waals surface area contributed by atoms with E-state index < -0.39 is 0 Å². The predicted octanol–water partition coefficient (Wildman–Crippen LogP) is 10.9. The summed E-state index contributed by atoms with van der Waals surface area (Å²) in [5.41, 5.74) is 9.98. The Labute approximate surface area is 321 Å². The number of amides is 2. The van der Waals surface area contributed by atoms with Crippen LogP contribution in [0.15, 0.2) is 97.1 Å². The van der Waals surface area contributed by atoms with Crippen LogP contribution in [0.2, 0.25) is 0 Å². The SMILES string of the molecule is CCN1C(=O)c2ccc(cc2)C23CCCC4(CC(CC24)C3)c2ccc(cc2)N(CC)C(=O)c2ccc(cc2)C23CC4CC(C2)CC(C4)(C3)c2ccc1cc2. The van der Waals surface area contributed by atoms with E-state index in [-0.39, 0.29) is 33.5 Å². The maximum atomic E-state index is 14.2. The van der Waals surface area contributed by atoms with Gasteiger partial charge in [-0.05, 0) is 201 Å². The first-order valence-electron chi connectivity index (χ1n) is 21.3. The molecule has 4 nitrogen and oxygen atoms in total. The molecule has 2 spiro atoms. The van der Waals surface area contributed by atoms with E-state index in [4.69, 9.17) is 0 Å². The Bertz CT molecular complexity index is 2120. The van der Waals surface area contributed by atoms with Gasteiger partial charge in [0.25, 0.3) is 11.8 Å². The van der Waals surface area contributed by atoms with Gasteiger partial charge in [0, 0.05) is 35.6 Å². The molecule has 2 amide bonds. The fourth-order valence-corrected chi connectivity index (χ4v) is 15.1. The Kier molecular flexibility index (Phi) is 7.17. The second-order valence-electron chi connectivity index (χ2n) is 19.1. The van der Waals surface area contributed by atoms with E-state index in [1.807, 2.05) is 9.80 Å². The summed E-state index contributed by atoms with van der Waals surface area (Å²) in [5.74, 6) is 3.00. The molecule has 0 radical (unpaired) electrons. The van der Waals surface area contributed by atoms with Crippen molar-refractivity contribution in [3.05, 3.63) is 130 Å². The average molecular weight is 715 g/mol. The lowest BCUT2D eigenvalue weighted by Crippen LogP contribution is -2.55. The average Bonchev–Trinajstić information content (AvgIpc) is 3.77. The molecule has 0 saturated heterocycles. The van der Waals surface area contributed by atoms with Gasteiger partial charge in [-0.25, -0.2) is 0 Å². The van der Waals surface area contributed by atoms with Gasteiger partial charge in [-0.15, -0.1) is 0 Å². The maximum Gasteiger partial charge on any atom is 0.258 e. The van der Waals surface area contributed by atoms with E-state index in [1.54, 1.807) is 0 Å². The highest BCUT2D eigenvalue weighted by Gasteiger charge is 2.65. The third-order valence-corrected chi connectivity index (χ3v) is 16.6. The topological polar surface area (TPSA) is 40.6 Å². The zero-order chi connectivity index (χ0) is 36.5. The number of anilines is 2. The van der Waals surface area contributed by atoms with E-state index >= 15 is 0 Å². The lowest BCUT2D eigenvalue weighted by atomic mass is 9.42. The molecule has 14 aliphatic rings. The first-order chi connectivity index (χ1) is 26.3. The molecule has 276 valence electrons. The molecule has 7 aliphatic heterocycles. The van der Waals surface area contributed by atoms with Crippen LogP contribution in [0, 0.1) is 23.7 Å². The summed E-state index contributed by atoms with van der Waals surface area (Å²) in [4.78, 5) is 32.4. The quantitative estimate of drug-likeness (QED) is 0.207. The molecule has 54 heavy (non-hydrogen) atoms. The van der Waals surface area contributed by atoms with Gasteiger partial charge < -0.3 is 9.80 Å². The van der Waals surface area contributed by atoms with Crippen LogP contribution in [0.4, 0.5) is 11.4 Å². The van der Waals surface area contributed by atoms with E-state index in [2.05, 4.69) is 111 Å². The number of hydrogen-bond acceptors (Lipinski definition) is 2. The highest BCUT2D eigenvalue weighted by Crippen LogP contribution is 2.71. The molecule has 4 aromatic rings. The first kappa shape index (κ1) is 33.2. The van der Waals surface area contributed by atoms with Gasteiger partial charge in [0.1, 0.15) is 0 Å². The Hall–Kier alpha value is -4.18. The zero-order valence-electron chi connectivity index (χ0n) is 32.2. The predicted molar refractivity (Wildman–Crippen MR) is 217 cm³/mol. The highest BCUT2D eigenvalue weighted by atomic mass is 16.2. The van der Waals surface area contributed by atoms with Crippen LogP contribution >= 0.6 is 0 Å². The smallest absolute Gasteiger partial charge is 0.258 e. The summed E-state index contributed by atoms with van der Waals surface area (Å²) < 4.78 is 0. The van der Waals surface area contributed by atoms with Gasteiger partial charge in [0.05, 0.1) is 0 Å². The van der Waals surface area contributed by atoms with Gasteiger partial charge in [-0.3, -0.25) is 9.59 Å². The van der Waals surface area contributed by atoms with Crippen LogP contribution in [0.5, 0.6) is 0 Å². The summed E-state index contributed by atoms with van der Waals surface area (Å²) in [6.07, 6.45) is 15.1. The van der Waals surface area contributed by atoms with Crippen LogP contribution in [0.3, 0.4) is 0 Å². The summed E-state index contributed by atoms with van der Waals surface area (Å²) >= 11 is 0. The summed E-state index contributed by atoms with van der Waals surface area (Å²) in [5, 5.41) is 0. The molecule has 7 fully saturated rings. The minimum atomic E-state index is 0.0955. The fourth-order valence-electron chi connectivity index (χ4n) is 15.1. The summed E-state index contributed by atoms with van der Waals surface area (Å²) in [7, 11) is 0. The van der Waals surface area contributed by atoms with Crippen LogP contribution in [-0.2, 0) is 21.7 Å². The number of rotatable bonds is 2. The molecule has 4 aromatic carbocycles. The normalized spacial score (nSPS) is 35.9. The summed E-state index contributed by atoms with van der Waals surface area (Å²) in [6, 6.07) is 36.1. The molecule has 7 saturated carbocycles. The molecule has 7 heterocycles. The van der Waals surface area contributed by atoms with E-state index in [0.29, 0.717) is 19.0 Å². The van der Waals surface area contributed by atoms with Crippen molar-refractivity contribution < 1.29 is 9.59 Å². The largest absolute Gasteiger partial charge is 0.309 e. The third kappa shape index (κ3) is 4.55. The van der Waals surface area contributed by atoms with Gasteiger partial charge >= 0.3 is 0 Å². The van der Waals surface area contributed by atoms with Gasteiger partial charge in [0.2, 0.25) is 0 Å². The second kappa shape index (κ2) is 11.7. The minimum absolute atomic E-state index is 0.0955. The van der Waals surface area contributed by atoms with E-state index in [1.165, 1.54) is 99.3 Å². The lowest BCUT2D eigenvalue weighted by molar-refractivity contribution is -0.0281. The number of hydrogen-bond donors (Lipinski definition) is 0. The van der Waals surface area contributed by atoms with Gasteiger partial charge in [0.15, 0.2) is 0 Å². The lowest BCUT2D eigenvalue weighted by Gasteiger charge is -2.63. The van der Waals surface area contributed by atoms with Crippen molar-refractivity contribution in [2.24, 2.45) is 23.7 Å². The Morgan fingerprint density at radius 1 is 0.500 bits per heavy atom. The van der Waals surface area contributed by atoms with E-state index in [0.717, 1.165) is 40.3 Å². The highest BCUT2D eigenvalue weighted by molar-refractivity contribution is 6.06. The van der Waals surface area contributed by atoms with Crippen LogP contribution < -0.4 is 9.80 Å². The maximum absolute atomic E-state index is 14.2. The van der Waals surface area contributed by atoms with Crippen LogP contribution in [0.1, 0.15) is 134 Å². The van der Waals surface area contributed by atoms with Crippen molar-refractivity contribution in [3.63, 3.8) is 0 Å². The number of carbonyl (C=O) groups excluding carboxylic acids is 2. The Morgan fingerprint density at radius 2 is 0.889 bits per heavy atom. The third-order valence-electron chi connectivity index (χ3n) is 16.6. The van der Waals surface area contributed by atoms with Crippen molar-refractivity contribution in [1.82, 2.24) is 0 Å². The van der Waals surface area contributed by atoms with Crippen molar-refractivity contribution in [3.8, 4) is 0 Å². The van der Waals surface area contributed by atoms with Gasteiger partial charge in [-0.2, -0.15) is 0 Å². The number of carbonyl (C=O) groups is 2. The molecule has 7 aliphatic carbocycles. The zero-order valence-corrected chi connectivity index (χ0v) is 32.2. The molecular formula is C50H54N2O2. The molecule has 0 aromatic heterocycles. The number of fused-ring (bicyclic) bond motifs is 1. The molecular weight excluding hydrogens is 661 g/mol. The monoisotopic (exact) mass is 714 g/mol. The van der Waals surface area contributed by atoms with Crippen LogP contribution in [-0.4, -0.2) is 24.9 Å². The van der Waals surface area contributed by atoms with Crippen LogP contribution in [0.25, 0.3) is 0 Å². The molecule has 6 unspecified atom stereocenters. The van der Waals surface area contributed by atoms with Crippen molar-refractivity contribution in [2.75, 3.05) is 22.9 Å². The molecule has 4 heteroatoms. The van der Waals surface area contributed by atoms with Crippen molar-refractivity contribution >= 4 is 23.2 Å². The molecule has 18 rings (SSSR count). The van der Waals surface area contributed by atoms with Gasteiger partial charge in [-0.1, -0.05) is 55.0 Å². The van der Waals surface area contributed by atoms with E-state index in [9.17, 15) is 9.59 Å². The minimum Gasteiger partial charge on any atom is -0.309 e. The standard InChI is InChI=1S/C50H54N2O2/c1-3-51-42-18-14-39(15-19-42)48-28-33-24-34(29-48)27-47(26-33,32-48)38-10-6-36(7-11-38)45(53)52(4-2)43-20-16-41(17-21-43)50-23-5-22-49(30-35(31-50)25-44(49)50)40-12-8-37(9-13-40)46(51)54/h6-21,33-35,44H,3-5,22-32H2,1-2H3. The molecule has 0 N–H and O–H groups in total.